The Bertz CT molecular complexity index is 380. The second-order valence-electron chi connectivity index (χ2n) is 5.25. The summed E-state index contributed by atoms with van der Waals surface area (Å²) in [5.74, 6) is 0.700. The molecule has 2 fully saturated rings. The van der Waals surface area contributed by atoms with Crippen molar-refractivity contribution in [3.63, 3.8) is 0 Å². The second kappa shape index (κ2) is 4.75. The van der Waals surface area contributed by atoms with Gasteiger partial charge in [0.1, 0.15) is 5.82 Å². The Morgan fingerprint density at radius 1 is 1.29 bits per heavy atom. The molecule has 17 heavy (non-hydrogen) atoms. The summed E-state index contributed by atoms with van der Waals surface area (Å²) in [7, 11) is 0. The molecule has 2 saturated heterocycles. The lowest BCUT2D eigenvalue weighted by Gasteiger charge is -2.24. The summed E-state index contributed by atoms with van der Waals surface area (Å²) in [5, 5.41) is 3.58. The number of hydrogen-bond acceptors (Lipinski definition) is 2. The van der Waals surface area contributed by atoms with Crippen molar-refractivity contribution in [3.8, 4) is 0 Å². The average molecular weight is 234 g/mol. The number of rotatable bonds is 2. The fourth-order valence-corrected chi connectivity index (χ4v) is 3.13. The molecule has 2 nitrogen and oxygen atoms in total. The van der Waals surface area contributed by atoms with Gasteiger partial charge in [-0.2, -0.15) is 0 Å². The van der Waals surface area contributed by atoms with Gasteiger partial charge in [0.15, 0.2) is 0 Å². The highest BCUT2D eigenvalue weighted by molar-refractivity contribution is 5.17. The maximum atomic E-state index is 13.6. The van der Waals surface area contributed by atoms with E-state index in [1.807, 2.05) is 12.1 Å². The normalized spacial score (nSPS) is 29.2. The van der Waals surface area contributed by atoms with E-state index < -0.39 is 0 Å². The van der Waals surface area contributed by atoms with Gasteiger partial charge in [-0.05, 0) is 31.4 Å². The van der Waals surface area contributed by atoms with E-state index in [0.29, 0.717) is 6.04 Å². The number of hydrogen-bond donors (Lipinski definition) is 1. The lowest BCUT2D eigenvalue weighted by atomic mass is 9.94. The van der Waals surface area contributed by atoms with Gasteiger partial charge in [-0.15, -0.1) is 0 Å². The van der Waals surface area contributed by atoms with Crippen LogP contribution in [0.15, 0.2) is 24.3 Å². The molecule has 0 aliphatic carbocycles. The van der Waals surface area contributed by atoms with Crippen molar-refractivity contribution >= 4 is 0 Å². The molecule has 0 saturated carbocycles. The van der Waals surface area contributed by atoms with E-state index in [4.69, 9.17) is 0 Å². The summed E-state index contributed by atoms with van der Waals surface area (Å²) in [6.45, 7) is 4.08. The fraction of sp³-hybridized carbons (Fsp3) is 0.571. The van der Waals surface area contributed by atoms with Crippen LogP contribution in [0.5, 0.6) is 0 Å². The fourth-order valence-electron chi connectivity index (χ4n) is 3.13. The van der Waals surface area contributed by atoms with Crippen molar-refractivity contribution in [3.05, 3.63) is 35.6 Å². The van der Waals surface area contributed by atoms with Gasteiger partial charge in [-0.25, -0.2) is 4.39 Å². The van der Waals surface area contributed by atoms with Gasteiger partial charge >= 0.3 is 0 Å². The Hall–Kier alpha value is -0.930. The first-order chi connectivity index (χ1) is 8.33. The zero-order valence-corrected chi connectivity index (χ0v) is 10.0. The minimum Gasteiger partial charge on any atom is -0.312 e. The van der Waals surface area contributed by atoms with Crippen LogP contribution in [0, 0.1) is 11.7 Å². The van der Waals surface area contributed by atoms with E-state index in [-0.39, 0.29) is 5.82 Å². The van der Waals surface area contributed by atoms with Gasteiger partial charge in [0.2, 0.25) is 0 Å². The van der Waals surface area contributed by atoms with E-state index in [1.165, 1.54) is 12.8 Å². The molecule has 1 N–H and O–H groups in total. The van der Waals surface area contributed by atoms with Crippen molar-refractivity contribution in [2.75, 3.05) is 19.6 Å². The number of nitrogens with zero attached hydrogens (tertiary/aromatic N) is 1. The predicted molar refractivity (Wildman–Crippen MR) is 66.2 cm³/mol. The third kappa shape index (κ3) is 2.35. The minimum absolute atomic E-state index is 0.0738. The molecule has 1 aromatic rings. The van der Waals surface area contributed by atoms with Crippen molar-refractivity contribution < 1.29 is 4.39 Å². The maximum Gasteiger partial charge on any atom is 0.127 e. The number of fused-ring (bicyclic) bond motifs is 1. The molecule has 0 bridgehead atoms. The van der Waals surface area contributed by atoms with Crippen molar-refractivity contribution in [2.45, 2.75) is 25.4 Å². The number of nitrogens with one attached hydrogen (secondary N) is 1. The zero-order chi connectivity index (χ0) is 11.7. The molecule has 2 heterocycles. The Morgan fingerprint density at radius 3 is 3.00 bits per heavy atom. The van der Waals surface area contributed by atoms with Crippen LogP contribution in [0.1, 0.15) is 18.4 Å². The molecule has 0 aromatic heterocycles. The monoisotopic (exact) mass is 234 g/mol. The predicted octanol–water partition coefficient (Wildman–Crippen LogP) is 2.01. The van der Waals surface area contributed by atoms with Crippen LogP contribution in [-0.4, -0.2) is 30.6 Å². The molecule has 2 atom stereocenters. The molecular weight excluding hydrogens is 215 g/mol. The second-order valence-corrected chi connectivity index (χ2v) is 5.25. The zero-order valence-electron chi connectivity index (χ0n) is 10.0. The first kappa shape index (κ1) is 11.2. The van der Waals surface area contributed by atoms with Crippen LogP contribution in [-0.2, 0) is 6.54 Å². The van der Waals surface area contributed by atoms with Gasteiger partial charge < -0.3 is 5.32 Å². The molecule has 3 rings (SSSR count). The van der Waals surface area contributed by atoms with Crippen LogP contribution in [0.3, 0.4) is 0 Å². The standard InChI is InChI=1S/C14H19FN2/c15-13-6-2-1-4-11(13)8-17-9-12-5-3-7-16-14(12)10-17/h1-2,4,6,12,14,16H,3,5,7-10H2. The minimum atomic E-state index is -0.0738. The van der Waals surface area contributed by atoms with Gasteiger partial charge in [0.05, 0.1) is 0 Å². The number of halogens is 1. The van der Waals surface area contributed by atoms with Crippen molar-refractivity contribution in [1.29, 1.82) is 0 Å². The lowest BCUT2D eigenvalue weighted by Crippen LogP contribution is -2.40. The molecule has 92 valence electrons. The largest absolute Gasteiger partial charge is 0.312 e. The lowest BCUT2D eigenvalue weighted by molar-refractivity contribution is 0.308. The highest BCUT2D eigenvalue weighted by Gasteiger charge is 2.34. The molecular formula is C14H19FN2. The third-order valence-electron chi connectivity index (χ3n) is 4.03. The van der Waals surface area contributed by atoms with E-state index in [1.54, 1.807) is 12.1 Å². The molecule has 0 radical (unpaired) electrons. The Labute approximate surface area is 102 Å². The van der Waals surface area contributed by atoms with Gasteiger partial charge in [0, 0.05) is 31.2 Å². The molecule has 2 aliphatic rings. The summed E-state index contributed by atoms with van der Waals surface area (Å²) in [4.78, 5) is 2.38. The quantitative estimate of drug-likeness (QED) is 0.842. The van der Waals surface area contributed by atoms with Gasteiger partial charge in [-0.3, -0.25) is 4.90 Å². The van der Waals surface area contributed by atoms with Crippen molar-refractivity contribution in [1.82, 2.24) is 10.2 Å². The molecule has 0 spiro atoms. The third-order valence-corrected chi connectivity index (χ3v) is 4.03. The first-order valence-electron chi connectivity index (χ1n) is 6.52. The summed E-state index contributed by atoms with van der Waals surface area (Å²) in [5.41, 5.74) is 0.825. The molecule has 1 aromatic carbocycles. The topological polar surface area (TPSA) is 15.3 Å². The molecule has 2 unspecified atom stereocenters. The van der Waals surface area contributed by atoms with E-state index in [2.05, 4.69) is 10.2 Å². The SMILES string of the molecule is Fc1ccccc1CN1CC2CCCNC2C1. The smallest absolute Gasteiger partial charge is 0.127 e. The number of benzene rings is 1. The summed E-state index contributed by atoms with van der Waals surface area (Å²) in [6, 6.07) is 7.75. The van der Waals surface area contributed by atoms with E-state index in [9.17, 15) is 4.39 Å². The highest BCUT2D eigenvalue weighted by atomic mass is 19.1. The molecule has 0 amide bonds. The van der Waals surface area contributed by atoms with Gasteiger partial charge in [0.25, 0.3) is 0 Å². The Kier molecular flexibility index (Phi) is 3.12. The van der Waals surface area contributed by atoms with Crippen LogP contribution < -0.4 is 5.32 Å². The highest BCUT2D eigenvalue weighted by Crippen LogP contribution is 2.26. The molecule has 3 heteroatoms. The van der Waals surface area contributed by atoms with Crippen molar-refractivity contribution in [2.24, 2.45) is 5.92 Å². The van der Waals surface area contributed by atoms with Crippen LogP contribution in [0.25, 0.3) is 0 Å². The van der Waals surface area contributed by atoms with Crippen LogP contribution >= 0.6 is 0 Å². The number of likely N-dealkylation sites (tertiary alicyclic amines) is 1. The summed E-state index contributed by atoms with van der Waals surface area (Å²) < 4.78 is 13.6. The summed E-state index contributed by atoms with van der Waals surface area (Å²) >= 11 is 0. The van der Waals surface area contributed by atoms with Crippen LogP contribution in [0.2, 0.25) is 0 Å². The van der Waals surface area contributed by atoms with E-state index in [0.717, 1.165) is 37.7 Å². The van der Waals surface area contributed by atoms with E-state index >= 15 is 0 Å². The Morgan fingerprint density at radius 2 is 2.18 bits per heavy atom. The first-order valence-corrected chi connectivity index (χ1v) is 6.52. The number of piperidine rings is 1. The van der Waals surface area contributed by atoms with Gasteiger partial charge in [-0.1, -0.05) is 18.2 Å². The average Bonchev–Trinajstić information content (AvgIpc) is 2.74. The molecule has 2 aliphatic heterocycles. The maximum absolute atomic E-state index is 13.6. The summed E-state index contributed by atoms with van der Waals surface area (Å²) in [6.07, 6.45) is 2.61. The Balaban J connectivity index is 1.65. The van der Waals surface area contributed by atoms with Crippen LogP contribution in [0.4, 0.5) is 4.39 Å².